The molecule has 0 bridgehead atoms. The summed E-state index contributed by atoms with van der Waals surface area (Å²) in [6, 6.07) is 10.8. The van der Waals surface area contributed by atoms with Crippen LogP contribution in [0, 0.1) is 0 Å². The van der Waals surface area contributed by atoms with Crippen LogP contribution in [0.2, 0.25) is 0 Å². The number of likely N-dealkylation sites (tertiary alicyclic amines) is 1. The highest BCUT2D eigenvalue weighted by molar-refractivity contribution is 5.68. The molecular weight excluding hydrogens is 420 g/mol. The largest absolute Gasteiger partial charge is 0.444 e. The fourth-order valence-corrected chi connectivity index (χ4v) is 3.66. The van der Waals surface area contributed by atoms with Gasteiger partial charge in [0.2, 0.25) is 0 Å². The van der Waals surface area contributed by atoms with Gasteiger partial charge in [-0.15, -0.1) is 0 Å². The van der Waals surface area contributed by atoms with E-state index in [1.54, 1.807) is 0 Å². The van der Waals surface area contributed by atoms with Crippen LogP contribution in [0.15, 0.2) is 30.3 Å². The zero-order valence-electron chi connectivity index (χ0n) is 21.1. The van der Waals surface area contributed by atoms with Crippen LogP contribution in [0.5, 0.6) is 0 Å². The SMILES string of the molecule is CC(C)(C)OC(=O)NC1CCN(Cc2ccccc2)C1.CC(C)(C)OC(=O)NC1CCNC1. The van der Waals surface area contributed by atoms with E-state index in [-0.39, 0.29) is 24.3 Å². The molecule has 1 aromatic carbocycles. The van der Waals surface area contributed by atoms with Gasteiger partial charge in [0.15, 0.2) is 0 Å². The van der Waals surface area contributed by atoms with E-state index in [0.717, 1.165) is 45.6 Å². The van der Waals surface area contributed by atoms with Crippen LogP contribution in [0.25, 0.3) is 0 Å². The number of carbonyl (C=O) groups is 2. The van der Waals surface area contributed by atoms with Gasteiger partial charge in [0.05, 0.1) is 0 Å². The highest BCUT2D eigenvalue weighted by Gasteiger charge is 2.26. The minimum Gasteiger partial charge on any atom is -0.444 e. The molecule has 2 amide bonds. The Bertz CT molecular complexity index is 737. The summed E-state index contributed by atoms with van der Waals surface area (Å²) in [7, 11) is 0. The second-order valence-electron chi connectivity index (χ2n) is 10.7. The van der Waals surface area contributed by atoms with Crippen LogP contribution < -0.4 is 16.0 Å². The molecule has 186 valence electrons. The first-order chi connectivity index (χ1) is 15.4. The lowest BCUT2D eigenvalue weighted by Crippen LogP contribution is -2.40. The van der Waals surface area contributed by atoms with E-state index in [2.05, 4.69) is 45.1 Å². The fraction of sp³-hybridized carbons (Fsp3) is 0.680. The Balaban J connectivity index is 0.000000257. The van der Waals surface area contributed by atoms with Crippen LogP contribution in [-0.2, 0) is 16.0 Å². The first kappa shape index (κ1) is 26.9. The van der Waals surface area contributed by atoms with Gasteiger partial charge in [0, 0.05) is 38.3 Å². The highest BCUT2D eigenvalue weighted by atomic mass is 16.6. The van der Waals surface area contributed by atoms with Crippen molar-refractivity contribution in [3.05, 3.63) is 35.9 Å². The predicted octanol–water partition coefficient (Wildman–Crippen LogP) is 3.66. The Kier molecular flexibility index (Phi) is 9.98. The molecular formula is C25H42N4O4. The van der Waals surface area contributed by atoms with E-state index in [0.29, 0.717) is 0 Å². The van der Waals surface area contributed by atoms with Gasteiger partial charge in [0.1, 0.15) is 11.2 Å². The molecule has 0 radical (unpaired) electrons. The molecule has 3 rings (SSSR count). The number of nitrogens with one attached hydrogen (secondary N) is 3. The number of ether oxygens (including phenoxy) is 2. The molecule has 0 aliphatic carbocycles. The van der Waals surface area contributed by atoms with Gasteiger partial charge in [-0.3, -0.25) is 4.90 Å². The molecule has 8 heteroatoms. The molecule has 0 saturated carbocycles. The maximum atomic E-state index is 11.7. The molecule has 2 saturated heterocycles. The number of hydrogen-bond acceptors (Lipinski definition) is 6. The maximum absolute atomic E-state index is 11.7. The third-order valence-corrected chi connectivity index (χ3v) is 5.02. The summed E-state index contributed by atoms with van der Waals surface area (Å²) in [5, 5.41) is 8.93. The Labute approximate surface area is 198 Å². The molecule has 33 heavy (non-hydrogen) atoms. The second-order valence-corrected chi connectivity index (χ2v) is 10.7. The van der Waals surface area contributed by atoms with Crippen molar-refractivity contribution in [1.29, 1.82) is 0 Å². The number of nitrogens with zero attached hydrogens (tertiary/aromatic N) is 1. The van der Waals surface area contributed by atoms with Crippen molar-refractivity contribution in [2.75, 3.05) is 26.2 Å². The molecule has 2 fully saturated rings. The van der Waals surface area contributed by atoms with Crippen LogP contribution in [-0.4, -0.2) is 66.6 Å². The average Bonchev–Trinajstić information content (AvgIpc) is 3.32. The monoisotopic (exact) mass is 462 g/mol. The molecule has 0 spiro atoms. The van der Waals surface area contributed by atoms with E-state index in [9.17, 15) is 9.59 Å². The number of rotatable bonds is 4. The van der Waals surface area contributed by atoms with E-state index < -0.39 is 11.2 Å². The Morgan fingerprint density at radius 1 is 0.939 bits per heavy atom. The topological polar surface area (TPSA) is 91.9 Å². The maximum Gasteiger partial charge on any atom is 0.407 e. The van der Waals surface area contributed by atoms with Crippen molar-refractivity contribution in [3.63, 3.8) is 0 Å². The van der Waals surface area contributed by atoms with Gasteiger partial charge in [-0.2, -0.15) is 0 Å². The second kappa shape index (κ2) is 12.2. The van der Waals surface area contributed by atoms with E-state index in [1.165, 1.54) is 5.56 Å². The molecule has 1 aromatic rings. The number of hydrogen-bond donors (Lipinski definition) is 3. The Morgan fingerprint density at radius 2 is 1.52 bits per heavy atom. The fourth-order valence-electron chi connectivity index (χ4n) is 3.66. The van der Waals surface area contributed by atoms with E-state index in [1.807, 2.05) is 47.6 Å². The minimum absolute atomic E-state index is 0.188. The standard InChI is InChI=1S/C16H24N2O2.C9H18N2O2/c1-16(2,3)20-15(19)17-14-9-10-18(12-14)11-13-7-5-4-6-8-13;1-9(2,3)13-8(12)11-7-4-5-10-6-7/h4-8,14H,9-12H2,1-3H3,(H,17,19);7,10H,4-6H2,1-3H3,(H,11,12). The predicted molar refractivity (Wildman–Crippen MR) is 130 cm³/mol. The molecule has 8 nitrogen and oxygen atoms in total. The summed E-state index contributed by atoms with van der Waals surface area (Å²) < 4.78 is 10.4. The first-order valence-electron chi connectivity index (χ1n) is 11.9. The van der Waals surface area contributed by atoms with Gasteiger partial charge in [-0.25, -0.2) is 9.59 Å². The molecule has 2 aliphatic rings. The minimum atomic E-state index is -0.438. The highest BCUT2D eigenvalue weighted by Crippen LogP contribution is 2.14. The molecule has 2 unspecified atom stereocenters. The van der Waals surface area contributed by atoms with Crippen LogP contribution in [0.1, 0.15) is 59.9 Å². The third-order valence-electron chi connectivity index (χ3n) is 5.02. The van der Waals surface area contributed by atoms with E-state index >= 15 is 0 Å². The Hall–Kier alpha value is -2.32. The average molecular weight is 463 g/mol. The lowest BCUT2D eigenvalue weighted by molar-refractivity contribution is 0.0495. The number of amides is 2. The first-order valence-corrected chi connectivity index (χ1v) is 11.9. The van der Waals surface area contributed by atoms with Crippen LogP contribution in [0.4, 0.5) is 9.59 Å². The summed E-state index contributed by atoms with van der Waals surface area (Å²) >= 11 is 0. The van der Waals surface area contributed by atoms with Crippen molar-refractivity contribution in [2.24, 2.45) is 0 Å². The van der Waals surface area contributed by atoms with Gasteiger partial charge in [-0.1, -0.05) is 30.3 Å². The van der Waals surface area contributed by atoms with Crippen LogP contribution >= 0.6 is 0 Å². The zero-order valence-corrected chi connectivity index (χ0v) is 21.1. The third kappa shape index (κ3) is 11.9. The number of benzene rings is 1. The molecule has 3 N–H and O–H groups in total. The summed E-state index contributed by atoms with van der Waals surface area (Å²) in [5.41, 5.74) is 0.466. The normalized spacial score (nSPS) is 21.0. The van der Waals surface area contributed by atoms with Crippen molar-refractivity contribution in [1.82, 2.24) is 20.9 Å². The summed E-state index contributed by atoms with van der Waals surface area (Å²) in [5.74, 6) is 0. The zero-order chi connectivity index (χ0) is 24.5. The quantitative estimate of drug-likeness (QED) is 0.633. The lowest BCUT2D eigenvalue weighted by Gasteiger charge is -2.22. The van der Waals surface area contributed by atoms with Crippen molar-refractivity contribution in [3.8, 4) is 0 Å². The van der Waals surface area contributed by atoms with Crippen molar-refractivity contribution in [2.45, 2.75) is 84.2 Å². The van der Waals surface area contributed by atoms with Gasteiger partial charge >= 0.3 is 12.2 Å². The van der Waals surface area contributed by atoms with Gasteiger partial charge in [0.25, 0.3) is 0 Å². The van der Waals surface area contributed by atoms with Crippen molar-refractivity contribution < 1.29 is 19.1 Å². The molecule has 0 aromatic heterocycles. The summed E-state index contributed by atoms with van der Waals surface area (Å²) in [6.07, 6.45) is 1.33. The van der Waals surface area contributed by atoms with E-state index in [4.69, 9.17) is 9.47 Å². The number of carbonyl (C=O) groups excluding carboxylic acids is 2. The molecule has 2 heterocycles. The lowest BCUT2D eigenvalue weighted by atomic mass is 10.2. The smallest absolute Gasteiger partial charge is 0.407 e. The Morgan fingerprint density at radius 3 is 2.03 bits per heavy atom. The van der Waals surface area contributed by atoms with Gasteiger partial charge < -0.3 is 25.4 Å². The summed E-state index contributed by atoms with van der Waals surface area (Å²) in [6.45, 7) is 15.9. The van der Waals surface area contributed by atoms with Crippen molar-refractivity contribution >= 4 is 12.2 Å². The summed E-state index contributed by atoms with van der Waals surface area (Å²) in [4.78, 5) is 25.3. The molecule has 2 atom stereocenters. The number of alkyl carbamates (subject to hydrolysis) is 2. The van der Waals surface area contributed by atoms with Crippen LogP contribution in [0.3, 0.4) is 0 Å². The van der Waals surface area contributed by atoms with Gasteiger partial charge in [-0.05, 0) is 66.5 Å². The molecule has 2 aliphatic heterocycles.